The van der Waals surface area contributed by atoms with Crippen LogP contribution in [0.15, 0.2) is 43.1 Å². The van der Waals surface area contributed by atoms with E-state index in [9.17, 15) is 0 Å². The molecule has 0 bridgehead atoms. The molecule has 3 aliphatic rings. The van der Waals surface area contributed by atoms with Crippen molar-refractivity contribution in [1.29, 1.82) is 0 Å². The summed E-state index contributed by atoms with van der Waals surface area (Å²) in [5, 5.41) is 4.72. The Labute approximate surface area is 211 Å². The van der Waals surface area contributed by atoms with Gasteiger partial charge in [-0.05, 0) is 62.4 Å². The van der Waals surface area contributed by atoms with Gasteiger partial charge in [0.1, 0.15) is 16.9 Å². The smallest absolute Gasteiger partial charge is 0.158 e. The van der Waals surface area contributed by atoms with Crippen molar-refractivity contribution in [2.45, 2.75) is 64.3 Å². The van der Waals surface area contributed by atoms with Crippen LogP contribution in [0.5, 0.6) is 5.75 Å². The molecule has 7 nitrogen and oxygen atoms in total. The number of hydrogen-bond donors (Lipinski definition) is 1. The Bertz CT molecular complexity index is 1490. The van der Waals surface area contributed by atoms with Crippen molar-refractivity contribution in [1.82, 2.24) is 29.3 Å². The minimum atomic E-state index is 0.447. The number of benzene rings is 1. The third kappa shape index (κ3) is 3.36. The zero-order valence-electron chi connectivity index (χ0n) is 21.4. The maximum Gasteiger partial charge on any atom is 0.158 e. The van der Waals surface area contributed by atoms with Crippen LogP contribution >= 0.6 is 0 Å². The molecule has 186 valence electrons. The van der Waals surface area contributed by atoms with Crippen LogP contribution in [0.3, 0.4) is 0 Å². The normalized spacial score (nSPS) is 23.0. The average molecular weight is 483 g/mol. The standard InChI is InChI=1S/C29H34N6O/c1-5-11-33-27-22(12-21(14-25(27)36-4)17(2)34-16-23-26(31-23)18(34)3)32-29(33)24-13-20-7-6-10-30-28(20)35(24)15-19-8-9-19/h6-7,10,12-14,18-19,23,26,31H,2,5,8-9,11,15-16H2,1,3-4H3. The number of fused-ring (bicyclic) bond motifs is 3. The fourth-order valence-corrected chi connectivity index (χ4v) is 6.13. The molecule has 7 rings (SSSR count). The number of methoxy groups -OCH3 is 1. The van der Waals surface area contributed by atoms with Crippen molar-refractivity contribution in [3.05, 3.63) is 48.7 Å². The fourth-order valence-electron chi connectivity index (χ4n) is 6.13. The van der Waals surface area contributed by atoms with Gasteiger partial charge in [-0.1, -0.05) is 13.5 Å². The second-order valence-corrected chi connectivity index (χ2v) is 10.8. The summed E-state index contributed by atoms with van der Waals surface area (Å²) < 4.78 is 10.7. The van der Waals surface area contributed by atoms with Crippen LogP contribution in [0, 0.1) is 5.92 Å². The lowest BCUT2D eigenvalue weighted by Gasteiger charge is -2.29. The summed E-state index contributed by atoms with van der Waals surface area (Å²) in [6, 6.07) is 12.4. The Kier molecular flexibility index (Phi) is 4.93. The predicted octanol–water partition coefficient (Wildman–Crippen LogP) is 4.90. The molecule has 3 aromatic heterocycles. The van der Waals surface area contributed by atoms with E-state index in [4.69, 9.17) is 14.7 Å². The van der Waals surface area contributed by atoms with Crippen LogP contribution in [-0.2, 0) is 13.1 Å². The predicted molar refractivity (Wildman–Crippen MR) is 144 cm³/mol. The minimum absolute atomic E-state index is 0.447. The number of pyridine rings is 1. The first-order valence-corrected chi connectivity index (χ1v) is 13.3. The monoisotopic (exact) mass is 482 g/mol. The van der Waals surface area contributed by atoms with Crippen molar-refractivity contribution < 1.29 is 4.74 Å². The zero-order valence-corrected chi connectivity index (χ0v) is 21.4. The fraction of sp³-hybridized carbons (Fsp3) is 0.448. The number of piperazine rings is 1. The van der Waals surface area contributed by atoms with Crippen molar-refractivity contribution in [3.63, 3.8) is 0 Å². The molecule has 1 N–H and O–H groups in total. The van der Waals surface area contributed by atoms with Crippen molar-refractivity contribution >= 4 is 27.8 Å². The molecule has 0 amide bonds. The summed E-state index contributed by atoms with van der Waals surface area (Å²) in [6.45, 7) is 11.9. The average Bonchev–Trinajstić information content (AvgIpc) is 3.78. The number of hydrogen-bond acceptors (Lipinski definition) is 5. The van der Waals surface area contributed by atoms with Gasteiger partial charge in [0.05, 0.1) is 18.3 Å². The Morgan fingerprint density at radius 3 is 2.81 bits per heavy atom. The van der Waals surface area contributed by atoms with E-state index in [0.717, 1.165) is 77.2 Å². The molecule has 3 atom stereocenters. The molecule has 4 aromatic rings. The number of nitrogens with one attached hydrogen (secondary N) is 1. The van der Waals surface area contributed by atoms with Crippen LogP contribution < -0.4 is 10.1 Å². The molecule has 2 aliphatic heterocycles. The van der Waals surface area contributed by atoms with Gasteiger partial charge in [-0.3, -0.25) is 0 Å². The number of aryl methyl sites for hydroxylation is 1. The lowest BCUT2D eigenvalue weighted by molar-refractivity contribution is 0.354. The molecule has 36 heavy (non-hydrogen) atoms. The quantitative estimate of drug-likeness (QED) is 0.362. The molecule has 1 aliphatic carbocycles. The number of rotatable bonds is 8. The number of imidazole rings is 1. The molecule has 7 heteroatoms. The third-order valence-corrected chi connectivity index (χ3v) is 8.31. The van der Waals surface area contributed by atoms with Crippen LogP contribution in [0.4, 0.5) is 0 Å². The first kappa shape index (κ1) is 21.9. The van der Waals surface area contributed by atoms with Gasteiger partial charge in [0, 0.05) is 60.6 Å². The molecule has 5 heterocycles. The van der Waals surface area contributed by atoms with E-state index in [1.165, 1.54) is 18.2 Å². The maximum atomic E-state index is 5.99. The first-order chi connectivity index (χ1) is 17.6. The maximum absolute atomic E-state index is 5.99. The summed E-state index contributed by atoms with van der Waals surface area (Å²) >= 11 is 0. The highest BCUT2D eigenvalue weighted by atomic mass is 16.5. The molecule has 0 radical (unpaired) electrons. The van der Waals surface area contributed by atoms with Gasteiger partial charge < -0.3 is 24.1 Å². The van der Waals surface area contributed by atoms with E-state index in [0.29, 0.717) is 18.1 Å². The van der Waals surface area contributed by atoms with E-state index in [-0.39, 0.29) is 0 Å². The van der Waals surface area contributed by atoms with E-state index >= 15 is 0 Å². The van der Waals surface area contributed by atoms with E-state index < -0.39 is 0 Å². The van der Waals surface area contributed by atoms with Gasteiger partial charge in [0.25, 0.3) is 0 Å². The molecular formula is C29H34N6O. The third-order valence-electron chi connectivity index (χ3n) is 8.31. The zero-order chi connectivity index (χ0) is 24.6. The summed E-state index contributed by atoms with van der Waals surface area (Å²) in [7, 11) is 1.76. The van der Waals surface area contributed by atoms with Crippen molar-refractivity contribution in [2.75, 3.05) is 13.7 Å². The van der Waals surface area contributed by atoms with Gasteiger partial charge in [-0.25, -0.2) is 9.97 Å². The lowest BCUT2D eigenvalue weighted by Crippen LogP contribution is -2.33. The second kappa shape index (κ2) is 8.10. The van der Waals surface area contributed by atoms with E-state index in [1.54, 1.807) is 7.11 Å². The molecule has 3 fully saturated rings. The minimum Gasteiger partial charge on any atom is -0.494 e. The van der Waals surface area contributed by atoms with Crippen LogP contribution in [0.2, 0.25) is 0 Å². The van der Waals surface area contributed by atoms with Gasteiger partial charge in [-0.2, -0.15) is 0 Å². The number of nitrogens with zero attached hydrogens (tertiary/aromatic N) is 5. The number of likely N-dealkylation sites (tertiary alicyclic amines) is 1. The SMILES string of the molecule is C=C(c1cc(OC)c2c(c1)nc(-c1cc3cccnc3n1CC1CC1)n2CCC)N1CC2NC2C1C. The Balaban J connectivity index is 1.39. The molecule has 2 saturated heterocycles. The van der Waals surface area contributed by atoms with Crippen LogP contribution in [-0.4, -0.2) is 55.8 Å². The van der Waals surface area contributed by atoms with Gasteiger partial charge in [0.2, 0.25) is 0 Å². The first-order valence-electron chi connectivity index (χ1n) is 13.3. The molecule has 1 aromatic carbocycles. The molecular weight excluding hydrogens is 448 g/mol. The van der Waals surface area contributed by atoms with Gasteiger partial charge in [0.15, 0.2) is 5.82 Å². The van der Waals surface area contributed by atoms with Gasteiger partial charge in [-0.15, -0.1) is 0 Å². The van der Waals surface area contributed by atoms with Crippen molar-refractivity contribution in [3.8, 4) is 17.3 Å². The molecule has 1 saturated carbocycles. The summed E-state index contributed by atoms with van der Waals surface area (Å²) in [6.07, 6.45) is 5.49. The summed E-state index contributed by atoms with van der Waals surface area (Å²) in [5.74, 6) is 2.58. The van der Waals surface area contributed by atoms with E-state index in [1.807, 2.05) is 12.3 Å². The highest BCUT2D eigenvalue weighted by molar-refractivity contribution is 5.91. The largest absolute Gasteiger partial charge is 0.494 e. The van der Waals surface area contributed by atoms with Crippen LogP contribution in [0.25, 0.3) is 39.3 Å². The number of aromatic nitrogens is 4. The van der Waals surface area contributed by atoms with E-state index in [2.05, 4.69) is 64.0 Å². The summed E-state index contributed by atoms with van der Waals surface area (Å²) in [5.41, 5.74) is 6.34. The highest BCUT2D eigenvalue weighted by Crippen LogP contribution is 2.40. The Hall–Kier alpha value is -3.32. The molecule has 0 spiro atoms. The Morgan fingerprint density at radius 2 is 2.08 bits per heavy atom. The molecule has 3 unspecified atom stereocenters. The second-order valence-electron chi connectivity index (χ2n) is 10.8. The van der Waals surface area contributed by atoms with Gasteiger partial charge >= 0.3 is 0 Å². The lowest BCUT2D eigenvalue weighted by atomic mass is 10.1. The Morgan fingerprint density at radius 1 is 1.22 bits per heavy atom. The van der Waals surface area contributed by atoms with Crippen molar-refractivity contribution in [2.24, 2.45) is 5.92 Å². The summed E-state index contributed by atoms with van der Waals surface area (Å²) in [4.78, 5) is 12.4. The van der Waals surface area contributed by atoms with Crippen LogP contribution in [0.1, 0.15) is 38.7 Å². The highest BCUT2D eigenvalue weighted by Gasteiger charge is 2.50. The topological polar surface area (TPSA) is 70.1 Å². The number of ether oxygens (including phenoxy) is 1.